The van der Waals surface area contributed by atoms with Gasteiger partial charge < -0.3 is 29.8 Å². The van der Waals surface area contributed by atoms with E-state index in [4.69, 9.17) is 0 Å². The van der Waals surface area contributed by atoms with Crippen molar-refractivity contribution in [3.8, 4) is 5.75 Å². The number of benzene rings is 1. The van der Waals surface area contributed by atoms with Crippen LogP contribution in [0.1, 0.15) is 48.8 Å². The number of hydrogen-bond acceptors (Lipinski definition) is 6. The summed E-state index contributed by atoms with van der Waals surface area (Å²) in [5, 5.41) is 23.8. The number of nitrogens with zero attached hydrogens (tertiary/aromatic N) is 3. The Kier molecular flexibility index (Phi) is 7.73. The predicted molar refractivity (Wildman–Crippen MR) is 139 cm³/mol. The standard InChI is InChI=1S/C26H23F2IN4O6/c1-14-3-6-16(11-31(14)2)24(38)32-12-18-19(13-32)33(10-15-4-7-17(8-5-15)26(27,28)29)25(39)21(22(18)36)23(37)30-9-20(34)35/h3-8,11H,9-10,12-13H2,1-2H3,(H2-,30,34,35,36,37,39). The number of pyridine rings is 2. The second-order valence-corrected chi connectivity index (χ2v) is 10.5. The van der Waals surface area contributed by atoms with Crippen molar-refractivity contribution in [1.29, 1.82) is 0 Å². The number of aromatic nitrogens is 2. The average molecular weight is 652 g/mol. The summed E-state index contributed by atoms with van der Waals surface area (Å²) in [6.07, 6.45) is 1.65. The molecular formula is C26H23F2IN4O6. The number of carbonyl (C=O) groups is 3. The van der Waals surface area contributed by atoms with Crippen LogP contribution in [0, 0.1) is 6.92 Å². The minimum atomic E-state index is -3.09. The highest BCUT2D eigenvalue weighted by molar-refractivity contribution is 14.1. The van der Waals surface area contributed by atoms with Crippen molar-refractivity contribution in [2.75, 3.05) is 6.54 Å². The number of rotatable bonds is 7. The monoisotopic (exact) mass is 652 g/mol. The number of nitrogens with one attached hydrogen (secondary N) is 1. The van der Waals surface area contributed by atoms with E-state index in [-0.39, 0.29) is 42.4 Å². The molecule has 13 heteroatoms. The zero-order valence-electron chi connectivity index (χ0n) is 20.8. The number of alkyl halides is 3. The molecule has 0 aliphatic carbocycles. The van der Waals surface area contributed by atoms with Crippen LogP contribution in [0.25, 0.3) is 0 Å². The van der Waals surface area contributed by atoms with Gasteiger partial charge in [0.2, 0.25) is 0 Å². The van der Waals surface area contributed by atoms with Crippen LogP contribution < -0.4 is 20.5 Å². The second kappa shape index (κ2) is 10.7. The van der Waals surface area contributed by atoms with Crippen molar-refractivity contribution in [2.24, 2.45) is 7.05 Å². The Morgan fingerprint density at radius 3 is 2.41 bits per heavy atom. The maximum atomic E-state index is 13.7. The third-order valence-corrected chi connectivity index (χ3v) is 7.14. The third-order valence-electron chi connectivity index (χ3n) is 6.52. The summed E-state index contributed by atoms with van der Waals surface area (Å²) in [4.78, 5) is 51.7. The smallest absolute Gasteiger partial charge is 0.321 e. The van der Waals surface area contributed by atoms with Crippen LogP contribution in [0.2, 0.25) is 0 Å². The molecule has 10 nitrogen and oxygen atoms in total. The minimum absolute atomic E-state index is 0.0700. The molecule has 2 amide bonds. The molecule has 0 unspecified atom stereocenters. The van der Waals surface area contributed by atoms with E-state index in [0.717, 1.165) is 28.3 Å². The van der Waals surface area contributed by atoms with Gasteiger partial charge in [-0.25, -0.2) is 4.57 Å². The number of amides is 2. The molecule has 2 aromatic heterocycles. The SMILES string of the molecule is Cc1ccc(C(=O)N2Cc3c(O)c(C(=O)NCC(=O)[O-])c(=O)n(Cc4ccc(C(F)(F)I)cc4)c3C2)c[n+]1C. The maximum absolute atomic E-state index is 13.7. The minimum Gasteiger partial charge on any atom is -0.548 e. The Balaban J connectivity index is 1.77. The highest BCUT2D eigenvalue weighted by Crippen LogP contribution is 2.36. The number of carbonyl (C=O) groups excluding carboxylic acids is 3. The number of aliphatic carboxylic acids is 1. The van der Waals surface area contributed by atoms with E-state index in [1.54, 1.807) is 29.9 Å². The summed E-state index contributed by atoms with van der Waals surface area (Å²) in [5.74, 6) is -3.77. The molecule has 3 aromatic rings. The number of carboxylic acids is 1. The molecule has 0 saturated heterocycles. The van der Waals surface area contributed by atoms with E-state index in [9.17, 15) is 38.2 Å². The predicted octanol–water partition coefficient (Wildman–Crippen LogP) is 0.855. The van der Waals surface area contributed by atoms with Gasteiger partial charge >= 0.3 is 3.93 Å². The van der Waals surface area contributed by atoms with E-state index in [1.165, 1.54) is 33.7 Å². The topological polar surface area (TPSA) is 136 Å². The van der Waals surface area contributed by atoms with Gasteiger partial charge in [0, 0.05) is 52.4 Å². The van der Waals surface area contributed by atoms with Gasteiger partial charge in [0.25, 0.3) is 17.4 Å². The lowest BCUT2D eigenvalue weighted by Gasteiger charge is -2.17. The third kappa shape index (κ3) is 5.77. The zero-order chi connectivity index (χ0) is 28.6. The van der Waals surface area contributed by atoms with Crippen LogP contribution in [0.5, 0.6) is 5.75 Å². The van der Waals surface area contributed by atoms with Crippen LogP contribution in [-0.2, 0) is 35.4 Å². The number of aryl methyl sites for hydroxylation is 2. The van der Waals surface area contributed by atoms with Crippen molar-refractivity contribution in [3.05, 3.63) is 92.2 Å². The first-order valence-corrected chi connectivity index (χ1v) is 12.7. The molecule has 0 spiro atoms. The van der Waals surface area contributed by atoms with Gasteiger partial charge in [-0.05, 0) is 11.6 Å². The van der Waals surface area contributed by atoms with E-state index < -0.39 is 39.2 Å². The molecule has 39 heavy (non-hydrogen) atoms. The summed E-state index contributed by atoms with van der Waals surface area (Å²) in [6, 6.07) is 8.67. The van der Waals surface area contributed by atoms with Gasteiger partial charge in [0.1, 0.15) is 23.9 Å². The Hall–Kier alpha value is -3.88. The van der Waals surface area contributed by atoms with E-state index >= 15 is 0 Å². The van der Waals surface area contributed by atoms with Crippen LogP contribution in [0.3, 0.4) is 0 Å². The maximum Gasteiger partial charge on any atom is 0.321 e. The first kappa shape index (κ1) is 28.1. The molecule has 0 bridgehead atoms. The van der Waals surface area contributed by atoms with Crippen LogP contribution in [0.15, 0.2) is 47.4 Å². The zero-order valence-corrected chi connectivity index (χ0v) is 23.0. The summed E-state index contributed by atoms with van der Waals surface area (Å²) >= 11 is 1.01. The summed E-state index contributed by atoms with van der Waals surface area (Å²) in [7, 11) is 1.78. The number of fused-ring (bicyclic) bond motifs is 1. The number of halogens is 3. The van der Waals surface area contributed by atoms with E-state index in [2.05, 4.69) is 0 Å². The first-order valence-electron chi connectivity index (χ1n) is 11.6. The normalized spacial score (nSPS) is 12.8. The van der Waals surface area contributed by atoms with Crippen molar-refractivity contribution >= 4 is 40.4 Å². The van der Waals surface area contributed by atoms with Crippen molar-refractivity contribution in [2.45, 2.75) is 30.5 Å². The van der Waals surface area contributed by atoms with E-state index in [1.807, 2.05) is 12.2 Å². The van der Waals surface area contributed by atoms with E-state index in [0.29, 0.717) is 11.1 Å². The fourth-order valence-electron chi connectivity index (χ4n) is 4.31. The molecule has 204 valence electrons. The molecule has 0 saturated carbocycles. The Morgan fingerprint density at radius 2 is 1.82 bits per heavy atom. The van der Waals surface area contributed by atoms with Crippen molar-refractivity contribution in [3.63, 3.8) is 0 Å². The molecule has 0 fully saturated rings. The molecule has 4 rings (SSSR count). The fraction of sp³-hybridized carbons (Fsp3) is 0.269. The molecule has 1 aliphatic heterocycles. The highest BCUT2D eigenvalue weighted by atomic mass is 127. The van der Waals surface area contributed by atoms with Gasteiger partial charge in [-0.1, -0.05) is 24.3 Å². The van der Waals surface area contributed by atoms with Gasteiger partial charge in [-0.15, -0.1) is 0 Å². The molecule has 0 atom stereocenters. The van der Waals surface area contributed by atoms with Crippen LogP contribution in [-0.4, -0.2) is 38.9 Å². The molecule has 2 N–H and O–H groups in total. The summed E-state index contributed by atoms with van der Waals surface area (Å²) < 4.78 is 27.2. The van der Waals surface area contributed by atoms with Crippen molar-refractivity contribution in [1.82, 2.24) is 14.8 Å². The molecule has 1 aromatic carbocycles. The summed E-state index contributed by atoms with van der Waals surface area (Å²) in [5.41, 5.74) is 0.289. The quantitative estimate of drug-likeness (QED) is 0.221. The lowest BCUT2D eigenvalue weighted by atomic mass is 10.1. The summed E-state index contributed by atoms with van der Waals surface area (Å²) in [6.45, 7) is 0.627. The Morgan fingerprint density at radius 1 is 1.15 bits per heavy atom. The Labute approximate surface area is 234 Å². The first-order chi connectivity index (χ1) is 18.3. The number of aromatic hydroxyl groups is 1. The average Bonchev–Trinajstić information content (AvgIpc) is 3.32. The number of hydrogen-bond donors (Lipinski definition) is 2. The highest BCUT2D eigenvalue weighted by Gasteiger charge is 2.34. The molecule has 0 radical (unpaired) electrons. The van der Waals surface area contributed by atoms with Gasteiger partial charge in [0.05, 0.1) is 32.1 Å². The van der Waals surface area contributed by atoms with Crippen LogP contribution >= 0.6 is 22.6 Å². The molecule has 1 aliphatic rings. The van der Waals surface area contributed by atoms with Gasteiger partial charge in [-0.2, -0.15) is 8.78 Å². The fourth-order valence-corrected chi connectivity index (χ4v) is 4.67. The Bertz CT molecular complexity index is 1550. The van der Waals surface area contributed by atoms with Gasteiger partial charge in [0.15, 0.2) is 11.9 Å². The second-order valence-electron chi connectivity index (χ2n) is 9.12. The van der Waals surface area contributed by atoms with Gasteiger partial charge in [-0.3, -0.25) is 14.4 Å². The van der Waals surface area contributed by atoms with Crippen LogP contribution in [0.4, 0.5) is 8.78 Å². The van der Waals surface area contributed by atoms with Crippen molar-refractivity contribution < 1.29 is 37.9 Å². The lowest BCUT2D eigenvalue weighted by molar-refractivity contribution is -0.677. The molecule has 3 heterocycles. The lowest BCUT2D eigenvalue weighted by Crippen LogP contribution is -2.41. The largest absolute Gasteiger partial charge is 0.548 e. The molecular weight excluding hydrogens is 629 g/mol. The number of carboxylic acid groups (broad SMARTS) is 1.